The SMILES string of the molecule is CNC[C@H]1C[C@@H](F)CN1CC(N)=O. The predicted molar refractivity (Wildman–Crippen MR) is 48.0 cm³/mol. The van der Waals surface area contributed by atoms with E-state index in [-0.39, 0.29) is 12.6 Å². The highest BCUT2D eigenvalue weighted by atomic mass is 19.1. The van der Waals surface area contributed by atoms with E-state index in [0.717, 1.165) is 0 Å². The Kier molecular flexibility index (Phi) is 3.62. The highest BCUT2D eigenvalue weighted by Gasteiger charge is 2.31. The summed E-state index contributed by atoms with van der Waals surface area (Å²) in [6.45, 7) is 1.19. The van der Waals surface area contributed by atoms with E-state index in [2.05, 4.69) is 5.32 Å². The average Bonchev–Trinajstić information content (AvgIpc) is 2.31. The summed E-state index contributed by atoms with van der Waals surface area (Å²) in [4.78, 5) is 12.4. The maximum Gasteiger partial charge on any atom is 0.231 e. The molecule has 0 aliphatic carbocycles. The van der Waals surface area contributed by atoms with Crippen LogP contribution in [0.5, 0.6) is 0 Å². The molecule has 1 rings (SSSR count). The van der Waals surface area contributed by atoms with Gasteiger partial charge in [-0.2, -0.15) is 0 Å². The molecule has 5 heteroatoms. The third kappa shape index (κ3) is 2.93. The van der Waals surface area contributed by atoms with Crippen molar-refractivity contribution in [1.82, 2.24) is 10.2 Å². The second kappa shape index (κ2) is 4.53. The highest BCUT2D eigenvalue weighted by Crippen LogP contribution is 2.18. The molecular formula is C8H16FN3O. The number of amides is 1. The van der Waals surface area contributed by atoms with E-state index in [1.807, 2.05) is 7.05 Å². The maximum atomic E-state index is 13.0. The molecule has 2 atom stereocenters. The first-order chi connectivity index (χ1) is 6.13. The van der Waals surface area contributed by atoms with Gasteiger partial charge in [0.1, 0.15) is 6.17 Å². The number of nitrogens with zero attached hydrogens (tertiary/aromatic N) is 1. The first kappa shape index (κ1) is 10.4. The number of carbonyl (C=O) groups excluding carboxylic acids is 1. The van der Waals surface area contributed by atoms with Crippen molar-refractivity contribution in [3.8, 4) is 0 Å². The molecule has 0 aromatic carbocycles. The number of halogens is 1. The fourth-order valence-electron chi connectivity index (χ4n) is 1.76. The van der Waals surface area contributed by atoms with Gasteiger partial charge in [0.25, 0.3) is 0 Å². The van der Waals surface area contributed by atoms with E-state index < -0.39 is 12.1 Å². The molecule has 4 nitrogen and oxygen atoms in total. The van der Waals surface area contributed by atoms with Crippen molar-refractivity contribution in [3.63, 3.8) is 0 Å². The summed E-state index contributed by atoms with van der Waals surface area (Å²) in [7, 11) is 1.81. The van der Waals surface area contributed by atoms with Crippen LogP contribution in [0.4, 0.5) is 4.39 Å². The molecule has 0 bridgehead atoms. The lowest BCUT2D eigenvalue weighted by Crippen LogP contribution is -2.41. The fourth-order valence-corrected chi connectivity index (χ4v) is 1.76. The molecule has 0 spiro atoms. The number of carbonyl (C=O) groups is 1. The zero-order chi connectivity index (χ0) is 9.84. The topological polar surface area (TPSA) is 58.4 Å². The van der Waals surface area contributed by atoms with Crippen LogP contribution in [0, 0.1) is 0 Å². The van der Waals surface area contributed by atoms with Gasteiger partial charge in [-0.25, -0.2) is 4.39 Å². The van der Waals surface area contributed by atoms with Crippen molar-refractivity contribution >= 4 is 5.91 Å². The molecule has 0 radical (unpaired) electrons. The maximum absolute atomic E-state index is 13.0. The molecule has 76 valence electrons. The molecule has 0 saturated carbocycles. The second-order valence-corrected chi connectivity index (χ2v) is 3.44. The van der Waals surface area contributed by atoms with Crippen molar-refractivity contribution in [2.45, 2.75) is 18.6 Å². The summed E-state index contributed by atoms with van der Waals surface area (Å²) in [5.41, 5.74) is 5.05. The van der Waals surface area contributed by atoms with E-state index in [1.165, 1.54) is 0 Å². The van der Waals surface area contributed by atoms with Gasteiger partial charge in [0, 0.05) is 19.1 Å². The van der Waals surface area contributed by atoms with E-state index in [9.17, 15) is 9.18 Å². The number of nitrogens with one attached hydrogen (secondary N) is 1. The number of hydrogen-bond acceptors (Lipinski definition) is 3. The van der Waals surface area contributed by atoms with Crippen LogP contribution in [-0.4, -0.2) is 49.7 Å². The van der Waals surface area contributed by atoms with E-state index in [4.69, 9.17) is 5.73 Å². The first-order valence-corrected chi connectivity index (χ1v) is 4.44. The largest absolute Gasteiger partial charge is 0.369 e. The van der Waals surface area contributed by atoms with Gasteiger partial charge >= 0.3 is 0 Å². The summed E-state index contributed by atoms with van der Waals surface area (Å²) in [5, 5.41) is 2.97. The first-order valence-electron chi connectivity index (χ1n) is 4.44. The van der Waals surface area contributed by atoms with Crippen molar-refractivity contribution < 1.29 is 9.18 Å². The molecule has 1 heterocycles. The van der Waals surface area contributed by atoms with E-state index >= 15 is 0 Å². The van der Waals surface area contributed by atoms with Gasteiger partial charge in [-0.1, -0.05) is 0 Å². The van der Waals surface area contributed by atoms with Crippen LogP contribution in [0.2, 0.25) is 0 Å². The van der Waals surface area contributed by atoms with E-state index in [0.29, 0.717) is 19.5 Å². The van der Waals surface area contributed by atoms with Gasteiger partial charge in [0.2, 0.25) is 5.91 Å². The lowest BCUT2D eigenvalue weighted by Gasteiger charge is -2.21. The third-order valence-electron chi connectivity index (χ3n) is 2.28. The van der Waals surface area contributed by atoms with Crippen molar-refractivity contribution in [2.75, 3.05) is 26.7 Å². The average molecular weight is 189 g/mol. The molecule has 1 fully saturated rings. The van der Waals surface area contributed by atoms with Gasteiger partial charge in [0.15, 0.2) is 0 Å². The Morgan fingerprint density at radius 3 is 3.00 bits per heavy atom. The smallest absolute Gasteiger partial charge is 0.231 e. The number of alkyl halides is 1. The van der Waals surface area contributed by atoms with Crippen molar-refractivity contribution in [1.29, 1.82) is 0 Å². The Balaban J connectivity index is 2.45. The summed E-state index contributed by atoms with van der Waals surface area (Å²) in [5.74, 6) is -0.393. The zero-order valence-electron chi connectivity index (χ0n) is 7.79. The quantitative estimate of drug-likeness (QED) is 0.603. The van der Waals surface area contributed by atoms with Crippen LogP contribution in [0.3, 0.4) is 0 Å². The number of rotatable bonds is 4. The van der Waals surface area contributed by atoms with Gasteiger partial charge in [-0.05, 0) is 13.5 Å². The summed E-state index contributed by atoms with van der Waals surface area (Å²) in [6.07, 6.45) is -0.327. The van der Waals surface area contributed by atoms with Crippen LogP contribution >= 0.6 is 0 Å². The summed E-state index contributed by atoms with van der Waals surface area (Å²) < 4.78 is 13.0. The lowest BCUT2D eigenvalue weighted by molar-refractivity contribution is -0.119. The minimum atomic E-state index is -0.822. The molecule has 13 heavy (non-hydrogen) atoms. The predicted octanol–water partition coefficient (Wildman–Crippen LogP) is -0.896. The molecule has 1 aliphatic heterocycles. The van der Waals surface area contributed by atoms with Crippen LogP contribution in [-0.2, 0) is 4.79 Å². The van der Waals surface area contributed by atoms with Gasteiger partial charge in [0.05, 0.1) is 6.54 Å². The Hall–Kier alpha value is -0.680. The van der Waals surface area contributed by atoms with Crippen LogP contribution in [0.1, 0.15) is 6.42 Å². The fraction of sp³-hybridized carbons (Fsp3) is 0.875. The monoisotopic (exact) mass is 189 g/mol. The Morgan fingerprint density at radius 2 is 2.46 bits per heavy atom. The molecule has 0 unspecified atom stereocenters. The second-order valence-electron chi connectivity index (χ2n) is 3.44. The third-order valence-corrected chi connectivity index (χ3v) is 2.28. The Morgan fingerprint density at radius 1 is 1.77 bits per heavy atom. The molecule has 1 amide bonds. The number of likely N-dealkylation sites (N-methyl/N-ethyl adjacent to an activating group) is 1. The van der Waals surface area contributed by atoms with Gasteiger partial charge < -0.3 is 11.1 Å². The number of primary amides is 1. The minimum Gasteiger partial charge on any atom is -0.369 e. The van der Waals surface area contributed by atoms with E-state index in [1.54, 1.807) is 4.90 Å². The molecular weight excluding hydrogens is 173 g/mol. The van der Waals surface area contributed by atoms with Crippen molar-refractivity contribution in [3.05, 3.63) is 0 Å². The van der Waals surface area contributed by atoms with Crippen LogP contribution in [0.15, 0.2) is 0 Å². The Labute approximate surface area is 77.3 Å². The summed E-state index contributed by atoms with van der Waals surface area (Å²) >= 11 is 0. The molecule has 0 aromatic heterocycles. The minimum absolute atomic E-state index is 0.104. The highest BCUT2D eigenvalue weighted by molar-refractivity contribution is 5.76. The van der Waals surface area contributed by atoms with Crippen LogP contribution in [0.25, 0.3) is 0 Å². The van der Waals surface area contributed by atoms with Gasteiger partial charge in [-0.15, -0.1) is 0 Å². The Bertz CT molecular complexity index is 188. The van der Waals surface area contributed by atoms with Crippen molar-refractivity contribution in [2.24, 2.45) is 5.73 Å². The normalized spacial score (nSPS) is 29.4. The zero-order valence-corrected chi connectivity index (χ0v) is 7.79. The molecule has 0 aromatic rings. The molecule has 1 saturated heterocycles. The van der Waals surface area contributed by atoms with Gasteiger partial charge in [-0.3, -0.25) is 9.69 Å². The summed E-state index contributed by atoms with van der Waals surface area (Å²) in [6, 6.07) is 0.104. The number of nitrogens with two attached hydrogens (primary N) is 1. The molecule has 3 N–H and O–H groups in total. The number of hydrogen-bond donors (Lipinski definition) is 2. The lowest BCUT2D eigenvalue weighted by atomic mass is 10.2. The number of likely N-dealkylation sites (tertiary alicyclic amines) is 1. The molecule has 1 aliphatic rings. The van der Waals surface area contributed by atoms with Crippen LogP contribution < -0.4 is 11.1 Å². The standard InChI is InChI=1S/C8H16FN3O/c1-11-3-7-2-6(9)4-12(7)5-8(10)13/h6-7,11H,2-5H2,1H3,(H2,10,13)/t6-,7-/m1/s1.